The predicted octanol–water partition coefficient (Wildman–Crippen LogP) is 0.358. The average molecular weight is 386 g/mol. The molecule has 1 saturated heterocycles. The van der Waals surface area contributed by atoms with Gasteiger partial charge >= 0.3 is 0 Å². The van der Waals surface area contributed by atoms with E-state index in [2.05, 4.69) is 17.4 Å². The highest BCUT2D eigenvalue weighted by atomic mass is 32.1. The normalized spacial score (nSPS) is 19.9. The summed E-state index contributed by atoms with van der Waals surface area (Å²) in [7, 11) is 0. The van der Waals surface area contributed by atoms with Crippen LogP contribution in [-0.2, 0) is 11.3 Å². The summed E-state index contributed by atoms with van der Waals surface area (Å²) in [6, 6.07) is 14.5. The lowest BCUT2D eigenvalue weighted by molar-refractivity contribution is -1.01. The van der Waals surface area contributed by atoms with Crippen LogP contribution in [0.5, 0.6) is 0 Å². The van der Waals surface area contributed by atoms with Crippen LogP contribution in [0.4, 0.5) is 10.1 Å². The van der Waals surface area contributed by atoms with E-state index in [1.807, 2.05) is 12.1 Å². The maximum Gasteiger partial charge on any atom is 0.279 e. The third kappa shape index (κ3) is 4.50. The summed E-state index contributed by atoms with van der Waals surface area (Å²) < 4.78 is 14.9. The van der Waals surface area contributed by atoms with E-state index < -0.39 is 5.82 Å². The fourth-order valence-corrected chi connectivity index (χ4v) is 4.54. The van der Waals surface area contributed by atoms with Crippen molar-refractivity contribution in [1.82, 2.24) is 4.98 Å². The van der Waals surface area contributed by atoms with E-state index in [-0.39, 0.29) is 11.6 Å². The Balaban J connectivity index is 1.26. The molecule has 0 unspecified atom stereocenters. The Bertz CT molecular complexity index is 903. The molecule has 1 amide bonds. The number of amides is 1. The number of benzene rings is 2. The molecule has 7 heteroatoms. The van der Waals surface area contributed by atoms with Gasteiger partial charge in [0.25, 0.3) is 5.91 Å². The molecule has 3 N–H and O–H groups in total. The van der Waals surface area contributed by atoms with E-state index in [0.29, 0.717) is 6.54 Å². The second-order valence-corrected chi connectivity index (χ2v) is 8.07. The molecule has 0 spiro atoms. The molecular weight excluding hydrogens is 363 g/mol. The van der Waals surface area contributed by atoms with Crippen molar-refractivity contribution >= 4 is 33.1 Å². The number of nitrogens with one attached hydrogen (secondary N) is 3. The van der Waals surface area contributed by atoms with Gasteiger partial charge in [-0.05, 0) is 24.3 Å². The maximum absolute atomic E-state index is 13.6. The molecule has 4 rings (SSSR count). The van der Waals surface area contributed by atoms with Crippen molar-refractivity contribution in [2.75, 3.05) is 38.0 Å². The number of rotatable bonds is 5. The van der Waals surface area contributed by atoms with Gasteiger partial charge in [0, 0.05) is 0 Å². The monoisotopic (exact) mass is 386 g/mol. The van der Waals surface area contributed by atoms with Crippen LogP contribution in [0.3, 0.4) is 0 Å². The number of halogens is 1. The minimum absolute atomic E-state index is 0.135. The zero-order valence-electron chi connectivity index (χ0n) is 15.0. The van der Waals surface area contributed by atoms with Crippen molar-refractivity contribution < 1.29 is 19.0 Å². The summed E-state index contributed by atoms with van der Waals surface area (Å²) in [6.07, 6.45) is 0. The number of anilines is 1. The molecule has 0 saturated carbocycles. The van der Waals surface area contributed by atoms with Gasteiger partial charge in [-0.3, -0.25) is 4.79 Å². The third-order valence-corrected chi connectivity index (χ3v) is 6.00. The fraction of sp³-hybridized carbons (Fsp3) is 0.300. The standard InChI is InChI=1S/C20H21FN4OS/c21-15-5-1-2-6-16(15)22-19(26)13-24-9-11-25(12-10-24)14-20-23-17-7-3-4-8-18(17)27-20/h1-8H,9-14H2,(H,22,26)/p+2. The lowest BCUT2D eigenvalue weighted by Crippen LogP contribution is -3.28. The molecule has 2 aromatic carbocycles. The minimum atomic E-state index is -0.397. The quantitative estimate of drug-likeness (QED) is 0.593. The Hall–Kier alpha value is -2.35. The van der Waals surface area contributed by atoms with Gasteiger partial charge in [0.15, 0.2) is 6.54 Å². The van der Waals surface area contributed by atoms with Crippen molar-refractivity contribution in [3.05, 3.63) is 59.4 Å². The average Bonchev–Trinajstić information content (AvgIpc) is 3.07. The summed E-state index contributed by atoms with van der Waals surface area (Å²) in [5.74, 6) is -0.532. The zero-order valence-corrected chi connectivity index (χ0v) is 15.8. The first-order chi connectivity index (χ1) is 13.2. The zero-order chi connectivity index (χ0) is 18.6. The first-order valence-electron chi connectivity index (χ1n) is 9.23. The number of thiazole rings is 1. The van der Waals surface area contributed by atoms with E-state index in [1.165, 1.54) is 25.6 Å². The van der Waals surface area contributed by atoms with Crippen molar-refractivity contribution in [2.45, 2.75) is 6.54 Å². The topological polar surface area (TPSA) is 50.9 Å². The number of carbonyl (C=O) groups is 1. The summed E-state index contributed by atoms with van der Waals surface area (Å²) >= 11 is 1.77. The number of fused-ring (bicyclic) bond motifs is 1. The number of nitrogens with zero attached hydrogens (tertiary/aromatic N) is 1. The second kappa shape index (κ2) is 8.12. The molecule has 1 aromatic heterocycles. The Morgan fingerprint density at radius 2 is 1.74 bits per heavy atom. The van der Waals surface area contributed by atoms with E-state index in [9.17, 15) is 9.18 Å². The SMILES string of the molecule is O=C(C[NH+]1CC[NH+](Cc2nc3ccccc3s2)CC1)Nc1ccccc1F. The largest absolute Gasteiger partial charge is 0.320 e. The first kappa shape index (κ1) is 18.0. The van der Waals surface area contributed by atoms with Crippen molar-refractivity contribution in [2.24, 2.45) is 0 Å². The molecule has 5 nitrogen and oxygen atoms in total. The Morgan fingerprint density at radius 3 is 2.52 bits per heavy atom. The van der Waals surface area contributed by atoms with Gasteiger partial charge < -0.3 is 15.1 Å². The van der Waals surface area contributed by atoms with Gasteiger partial charge in [0.1, 0.15) is 43.5 Å². The van der Waals surface area contributed by atoms with Gasteiger partial charge in [-0.2, -0.15) is 0 Å². The number of piperazine rings is 1. The number of aromatic nitrogens is 1. The summed E-state index contributed by atoms with van der Waals surface area (Å²) in [4.78, 5) is 19.7. The van der Waals surface area contributed by atoms with Crippen LogP contribution >= 0.6 is 11.3 Å². The van der Waals surface area contributed by atoms with Gasteiger partial charge in [0.05, 0.1) is 15.9 Å². The van der Waals surface area contributed by atoms with Gasteiger partial charge in [0.2, 0.25) is 0 Å². The van der Waals surface area contributed by atoms with Crippen LogP contribution in [-0.4, -0.2) is 43.6 Å². The lowest BCUT2D eigenvalue weighted by Gasteiger charge is -2.28. The molecule has 0 atom stereocenters. The number of quaternary nitrogens is 2. The second-order valence-electron chi connectivity index (χ2n) is 6.96. The van der Waals surface area contributed by atoms with Crippen LogP contribution in [0.15, 0.2) is 48.5 Å². The molecule has 3 aromatic rings. The fourth-order valence-electron chi connectivity index (χ4n) is 3.50. The smallest absolute Gasteiger partial charge is 0.279 e. The van der Waals surface area contributed by atoms with Crippen LogP contribution in [0, 0.1) is 5.82 Å². The molecule has 1 aliphatic rings. The van der Waals surface area contributed by atoms with Crippen molar-refractivity contribution in [1.29, 1.82) is 0 Å². The van der Waals surface area contributed by atoms with E-state index in [1.54, 1.807) is 29.5 Å². The Kier molecular flexibility index (Phi) is 5.42. The van der Waals surface area contributed by atoms with Gasteiger partial charge in [-0.1, -0.05) is 24.3 Å². The number of carbonyl (C=O) groups excluding carboxylic acids is 1. The van der Waals surface area contributed by atoms with E-state index in [4.69, 9.17) is 4.98 Å². The van der Waals surface area contributed by atoms with Crippen molar-refractivity contribution in [3.8, 4) is 0 Å². The Morgan fingerprint density at radius 1 is 1.04 bits per heavy atom. The molecule has 140 valence electrons. The van der Waals surface area contributed by atoms with Crippen LogP contribution in [0.2, 0.25) is 0 Å². The Labute approximate surface area is 161 Å². The van der Waals surface area contributed by atoms with Crippen LogP contribution < -0.4 is 15.1 Å². The van der Waals surface area contributed by atoms with Crippen molar-refractivity contribution in [3.63, 3.8) is 0 Å². The molecule has 1 fully saturated rings. The summed E-state index contributed by atoms with van der Waals surface area (Å²) in [5, 5.41) is 3.85. The van der Waals surface area contributed by atoms with Gasteiger partial charge in [-0.25, -0.2) is 9.37 Å². The third-order valence-electron chi connectivity index (χ3n) is 4.96. The highest BCUT2D eigenvalue weighted by Gasteiger charge is 2.25. The number of hydrogen-bond acceptors (Lipinski definition) is 3. The molecule has 0 aliphatic carbocycles. The molecule has 0 bridgehead atoms. The van der Waals surface area contributed by atoms with Crippen LogP contribution in [0.1, 0.15) is 5.01 Å². The maximum atomic E-state index is 13.6. The minimum Gasteiger partial charge on any atom is -0.320 e. The van der Waals surface area contributed by atoms with E-state index in [0.717, 1.165) is 38.2 Å². The van der Waals surface area contributed by atoms with Crippen LogP contribution in [0.25, 0.3) is 10.2 Å². The van der Waals surface area contributed by atoms with Gasteiger partial charge in [-0.15, -0.1) is 11.3 Å². The molecule has 2 heterocycles. The molecular formula is C20H23FN4OS+2. The highest BCUT2D eigenvalue weighted by Crippen LogP contribution is 2.20. The predicted molar refractivity (Wildman–Crippen MR) is 105 cm³/mol. The molecule has 1 aliphatic heterocycles. The molecule has 0 radical (unpaired) electrons. The molecule has 27 heavy (non-hydrogen) atoms. The first-order valence-corrected chi connectivity index (χ1v) is 10.0. The highest BCUT2D eigenvalue weighted by molar-refractivity contribution is 7.18. The number of para-hydroxylation sites is 2. The number of hydrogen-bond donors (Lipinski definition) is 3. The van der Waals surface area contributed by atoms with E-state index >= 15 is 0 Å². The lowest BCUT2D eigenvalue weighted by atomic mass is 10.3. The summed E-state index contributed by atoms with van der Waals surface area (Å²) in [6.45, 7) is 5.21. The summed E-state index contributed by atoms with van der Waals surface area (Å²) in [5.41, 5.74) is 1.33.